The molecular weight excluding hydrogens is 272 g/mol. The number of carbonyl (C=O) groups excluding carboxylic acids is 1. The van der Waals surface area contributed by atoms with Gasteiger partial charge in [0, 0.05) is 27.7 Å². The number of rotatable bonds is 2. The van der Waals surface area contributed by atoms with E-state index in [0.29, 0.717) is 10.6 Å². The number of primary amides is 1. The van der Waals surface area contributed by atoms with Gasteiger partial charge in [0.05, 0.1) is 5.69 Å². The van der Waals surface area contributed by atoms with Crippen LogP contribution in [0.15, 0.2) is 54.7 Å². The van der Waals surface area contributed by atoms with E-state index >= 15 is 0 Å². The summed E-state index contributed by atoms with van der Waals surface area (Å²) in [5, 5.41) is 2.59. The minimum atomic E-state index is -0.434. The van der Waals surface area contributed by atoms with E-state index in [-0.39, 0.29) is 0 Å². The molecule has 1 heterocycles. The Morgan fingerprint density at radius 2 is 1.80 bits per heavy atom. The molecule has 2 aromatic carbocycles. The molecule has 98 valence electrons. The van der Waals surface area contributed by atoms with E-state index in [2.05, 4.69) is 4.98 Å². The molecule has 1 amide bonds. The molecule has 2 N–H and O–H groups in total. The molecule has 20 heavy (non-hydrogen) atoms. The van der Waals surface area contributed by atoms with Crippen LogP contribution in [0.25, 0.3) is 22.0 Å². The van der Waals surface area contributed by atoms with Crippen LogP contribution in [0.3, 0.4) is 0 Å². The lowest BCUT2D eigenvalue weighted by Gasteiger charge is -2.07. The summed E-state index contributed by atoms with van der Waals surface area (Å²) in [6.45, 7) is 0. The molecule has 0 fully saturated rings. The van der Waals surface area contributed by atoms with Crippen molar-refractivity contribution >= 4 is 28.3 Å². The Hall–Kier alpha value is -2.39. The van der Waals surface area contributed by atoms with Crippen LogP contribution in [0.5, 0.6) is 0 Å². The molecule has 3 rings (SSSR count). The summed E-state index contributed by atoms with van der Waals surface area (Å²) in [4.78, 5) is 15.7. The van der Waals surface area contributed by atoms with Crippen molar-refractivity contribution in [3.63, 3.8) is 0 Å². The Bertz CT molecular complexity index is 797. The summed E-state index contributed by atoms with van der Waals surface area (Å²) in [7, 11) is 0. The Morgan fingerprint density at radius 3 is 2.50 bits per heavy atom. The third-order valence-corrected chi connectivity index (χ3v) is 3.42. The number of halogens is 1. The summed E-state index contributed by atoms with van der Waals surface area (Å²) in [6.07, 6.45) is 1.72. The molecule has 0 aliphatic heterocycles. The van der Waals surface area contributed by atoms with Crippen molar-refractivity contribution in [2.45, 2.75) is 0 Å². The van der Waals surface area contributed by atoms with Crippen molar-refractivity contribution in [3.8, 4) is 11.3 Å². The fourth-order valence-corrected chi connectivity index (χ4v) is 2.29. The van der Waals surface area contributed by atoms with E-state index in [0.717, 1.165) is 22.0 Å². The second-order valence-corrected chi connectivity index (χ2v) is 4.90. The molecule has 4 heteroatoms. The van der Waals surface area contributed by atoms with Gasteiger partial charge in [0.1, 0.15) is 0 Å². The van der Waals surface area contributed by atoms with E-state index in [9.17, 15) is 4.79 Å². The average Bonchev–Trinajstić information content (AvgIpc) is 2.47. The van der Waals surface area contributed by atoms with Gasteiger partial charge in [-0.05, 0) is 35.7 Å². The van der Waals surface area contributed by atoms with Crippen LogP contribution in [0.2, 0.25) is 5.02 Å². The Kier molecular flexibility index (Phi) is 3.12. The quantitative estimate of drug-likeness (QED) is 0.780. The lowest BCUT2D eigenvalue weighted by Crippen LogP contribution is -2.10. The third-order valence-electron chi connectivity index (χ3n) is 3.17. The van der Waals surface area contributed by atoms with Gasteiger partial charge in [-0.3, -0.25) is 9.78 Å². The molecule has 0 saturated carbocycles. The van der Waals surface area contributed by atoms with Crippen LogP contribution in [-0.4, -0.2) is 10.9 Å². The van der Waals surface area contributed by atoms with E-state index < -0.39 is 5.91 Å². The third kappa shape index (κ3) is 2.24. The monoisotopic (exact) mass is 282 g/mol. The highest BCUT2D eigenvalue weighted by Crippen LogP contribution is 2.27. The molecule has 3 nitrogen and oxygen atoms in total. The highest BCUT2D eigenvalue weighted by Gasteiger charge is 2.07. The van der Waals surface area contributed by atoms with Crippen molar-refractivity contribution in [2.24, 2.45) is 5.73 Å². The number of fused-ring (bicyclic) bond motifs is 1. The zero-order valence-electron chi connectivity index (χ0n) is 10.5. The maximum Gasteiger partial charge on any atom is 0.248 e. The fourth-order valence-electron chi connectivity index (χ4n) is 2.17. The topological polar surface area (TPSA) is 56.0 Å². The van der Waals surface area contributed by atoms with Crippen molar-refractivity contribution < 1.29 is 4.79 Å². The van der Waals surface area contributed by atoms with Gasteiger partial charge in [0.2, 0.25) is 5.91 Å². The lowest BCUT2D eigenvalue weighted by molar-refractivity contribution is 0.100. The molecular formula is C16H11ClN2O. The van der Waals surface area contributed by atoms with E-state index in [4.69, 9.17) is 17.3 Å². The number of carbonyl (C=O) groups is 1. The Labute approximate surface area is 121 Å². The van der Waals surface area contributed by atoms with Crippen LogP contribution < -0.4 is 5.73 Å². The summed E-state index contributed by atoms with van der Waals surface area (Å²) >= 11 is 5.90. The standard InChI is InChI=1S/C16H11ClN2O/c17-13-4-1-10(2-5-13)15-14-6-3-12(16(18)20)9-11(14)7-8-19-15/h1-9H,(H2,18,20). The van der Waals surface area contributed by atoms with Gasteiger partial charge in [-0.1, -0.05) is 29.8 Å². The van der Waals surface area contributed by atoms with E-state index in [1.807, 2.05) is 36.4 Å². The Morgan fingerprint density at radius 1 is 1.05 bits per heavy atom. The second kappa shape index (κ2) is 4.94. The molecule has 1 aromatic heterocycles. The van der Waals surface area contributed by atoms with Crippen LogP contribution in [0, 0.1) is 0 Å². The molecule has 0 saturated heterocycles. The van der Waals surface area contributed by atoms with Gasteiger partial charge in [-0.15, -0.1) is 0 Å². The lowest BCUT2D eigenvalue weighted by atomic mass is 10.0. The number of pyridine rings is 1. The summed E-state index contributed by atoms with van der Waals surface area (Å²) < 4.78 is 0. The number of nitrogens with zero attached hydrogens (tertiary/aromatic N) is 1. The summed E-state index contributed by atoms with van der Waals surface area (Å²) in [6, 6.07) is 14.7. The first-order valence-electron chi connectivity index (χ1n) is 6.09. The number of aromatic nitrogens is 1. The van der Waals surface area contributed by atoms with Gasteiger partial charge in [0.25, 0.3) is 0 Å². The van der Waals surface area contributed by atoms with Crippen LogP contribution in [-0.2, 0) is 0 Å². The largest absolute Gasteiger partial charge is 0.366 e. The first-order valence-corrected chi connectivity index (χ1v) is 6.47. The SMILES string of the molecule is NC(=O)c1ccc2c(-c3ccc(Cl)cc3)nccc2c1. The highest BCUT2D eigenvalue weighted by atomic mass is 35.5. The second-order valence-electron chi connectivity index (χ2n) is 4.47. The number of hydrogen-bond donors (Lipinski definition) is 1. The summed E-state index contributed by atoms with van der Waals surface area (Å²) in [5.74, 6) is -0.434. The smallest absolute Gasteiger partial charge is 0.248 e. The molecule has 0 aliphatic rings. The molecule has 0 aliphatic carbocycles. The number of benzene rings is 2. The minimum absolute atomic E-state index is 0.434. The van der Waals surface area contributed by atoms with Crippen LogP contribution in [0.1, 0.15) is 10.4 Å². The van der Waals surface area contributed by atoms with Gasteiger partial charge in [-0.25, -0.2) is 0 Å². The minimum Gasteiger partial charge on any atom is -0.366 e. The molecule has 0 unspecified atom stereocenters. The van der Waals surface area contributed by atoms with Crippen molar-refractivity contribution in [1.29, 1.82) is 0 Å². The van der Waals surface area contributed by atoms with E-state index in [1.165, 1.54) is 0 Å². The predicted octanol–water partition coefficient (Wildman–Crippen LogP) is 3.65. The van der Waals surface area contributed by atoms with Crippen LogP contribution >= 0.6 is 11.6 Å². The Balaban J connectivity index is 2.21. The van der Waals surface area contributed by atoms with Crippen LogP contribution in [0.4, 0.5) is 0 Å². The fraction of sp³-hybridized carbons (Fsp3) is 0. The van der Waals surface area contributed by atoms with E-state index in [1.54, 1.807) is 18.3 Å². The zero-order valence-corrected chi connectivity index (χ0v) is 11.3. The predicted molar refractivity (Wildman–Crippen MR) is 80.7 cm³/mol. The van der Waals surface area contributed by atoms with Crippen molar-refractivity contribution in [2.75, 3.05) is 0 Å². The van der Waals surface area contributed by atoms with Gasteiger partial charge in [-0.2, -0.15) is 0 Å². The first kappa shape index (κ1) is 12.6. The molecule has 3 aromatic rings. The maximum absolute atomic E-state index is 11.2. The number of hydrogen-bond acceptors (Lipinski definition) is 2. The molecule has 0 spiro atoms. The summed E-state index contributed by atoms with van der Waals surface area (Å²) in [5.41, 5.74) is 7.63. The molecule has 0 radical (unpaired) electrons. The van der Waals surface area contributed by atoms with Gasteiger partial charge >= 0.3 is 0 Å². The number of nitrogens with two attached hydrogens (primary N) is 1. The average molecular weight is 283 g/mol. The zero-order chi connectivity index (χ0) is 14.1. The maximum atomic E-state index is 11.2. The number of amides is 1. The first-order chi connectivity index (χ1) is 9.65. The molecule has 0 bridgehead atoms. The molecule has 0 atom stereocenters. The van der Waals surface area contributed by atoms with Gasteiger partial charge < -0.3 is 5.73 Å². The van der Waals surface area contributed by atoms with Crippen molar-refractivity contribution in [3.05, 3.63) is 65.3 Å². The normalized spacial score (nSPS) is 10.7. The van der Waals surface area contributed by atoms with Crippen molar-refractivity contribution in [1.82, 2.24) is 4.98 Å². The van der Waals surface area contributed by atoms with Gasteiger partial charge in [0.15, 0.2) is 0 Å². The highest BCUT2D eigenvalue weighted by molar-refractivity contribution is 6.30.